The van der Waals surface area contributed by atoms with Crippen LogP contribution in [0.2, 0.25) is 0 Å². The molecule has 326 valence electrons. The van der Waals surface area contributed by atoms with Crippen LogP contribution in [-0.4, -0.2) is 9.13 Å². The molecule has 0 fully saturated rings. The number of hydrogen-bond acceptors (Lipinski definition) is 0. The smallest absolute Gasteiger partial charge is 0.0541 e. The third kappa shape index (κ3) is 6.49. The van der Waals surface area contributed by atoms with Crippen molar-refractivity contribution < 1.29 is 0 Å². The van der Waals surface area contributed by atoms with Crippen molar-refractivity contribution in [2.75, 3.05) is 0 Å². The second kappa shape index (κ2) is 16.2. The van der Waals surface area contributed by atoms with Gasteiger partial charge in [-0.05, 0) is 138 Å². The topological polar surface area (TPSA) is 9.86 Å². The summed E-state index contributed by atoms with van der Waals surface area (Å²) in [5.74, 6) is 0. The lowest BCUT2D eigenvalue weighted by Crippen LogP contribution is -1.98. The molecule has 14 rings (SSSR count). The molecule has 0 radical (unpaired) electrons. The molecule has 0 bridgehead atoms. The minimum atomic E-state index is 1.12. The summed E-state index contributed by atoms with van der Waals surface area (Å²) >= 11 is 0. The molecule has 2 heteroatoms. The van der Waals surface area contributed by atoms with Crippen molar-refractivity contribution in [3.8, 4) is 67.0 Å². The first-order valence-electron chi connectivity index (χ1n) is 24.2. The van der Waals surface area contributed by atoms with Crippen LogP contribution in [0.15, 0.2) is 267 Å². The van der Waals surface area contributed by atoms with Crippen molar-refractivity contribution in [1.29, 1.82) is 0 Å². The molecular weight excluding hydrogens is 845 g/mol. The summed E-state index contributed by atoms with van der Waals surface area (Å²) in [4.78, 5) is 0. The molecule has 12 aromatic carbocycles. The van der Waals surface area contributed by atoms with E-state index in [0.29, 0.717) is 0 Å². The predicted molar refractivity (Wildman–Crippen MR) is 297 cm³/mol. The van der Waals surface area contributed by atoms with Crippen molar-refractivity contribution in [1.82, 2.24) is 9.13 Å². The molecule has 70 heavy (non-hydrogen) atoms. The Kier molecular flexibility index (Phi) is 9.25. The Bertz CT molecular complexity index is 4080. The zero-order valence-corrected chi connectivity index (χ0v) is 38.3. The molecule has 0 aliphatic heterocycles. The third-order valence-corrected chi connectivity index (χ3v) is 14.5. The molecule has 0 unspecified atom stereocenters. The largest absolute Gasteiger partial charge is 0.309 e. The van der Waals surface area contributed by atoms with Crippen molar-refractivity contribution in [2.45, 2.75) is 0 Å². The van der Waals surface area contributed by atoms with Gasteiger partial charge in [-0.1, -0.05) is 200 Å². The summed E-state index contributed by atoms with van der Waals surface area (Å²) in [6, 6.07) is 98.1. The van der Waals surface area contributed by atoms with E-state index in [-0.39, 0.29) is 0 Å². The highest BCUT2D eigenvalue weighted by molar-refractivity contribution is 6.14. The Hall–Kier alpha value is -9.24. The average Bonchev–Trinajstić information content (AvgIpc) is 3.94. The summed E-state index contributed by atoms with van der Waals surface area (Å²) < 4.78 is 4.91. The zero-order valence-electron chi connectivity index (χ0n) is 38.3. The van der Waals surface area contributed by atoms with Gasteiger partial charge in [0, 0.05) is 32.8 Å². The van der Waals surface area contributed by atoms with Gasteiger partial charge in [0.15, 0.2) is 0 Å². The SMILES string of the molecule is c1ccc(-c2ccc3c(c2)c2cc(-c4ccccc4)ccc2n3-c2ccc(-c3ccccc3-n3c4ccc(-c5cccc6ccccc56)cc4c4cc(-c5cccc6ccccc56)ccc43)cc2)cc1. The van der Waals surface area contributed by atoms with Crippen molar-refractivity contribution in [3.63, 3.8) is 0 Å². The van der Waals surface area contributed by atoms with Crippen LogP contribution in [0.4, 0.5) is 0 Å². The van der Waals surface area contributed by atoms with E-state index in [9.17, 15) is 0 Å². The lowest BCUT2D eigenvalue weighted by Gasteiger charge is -2.15. The Morgan fingerprint density at radius 3 is 1.09 bits per heavy atom. The number of fused-ring (bicyclic) bond motifs is 8. The Morgan fingerprint density at radius 1 is 0.200 bits per heavy atom. The molecule has 2 heterocycles. The highest BCUT2D eigenvalue weighted by Gasteiger charge is 2.20. The average molecular weight is 889 g/mol. The molecule has 0 amide bonds. The standard InChI is InChI=1S/C68H44N2/c1-3-15-45(16-4-1)50-31-37-65-60(41-50)61-42-51(46-17-5-2-6-18-46)32-38-66(61)69(65)54-35-29-49(30-36-54)59-25-11-12-28-64(59)70-67-39-33-52(57-26-13-21-47-19-7-9-23-55(47)57)43-62(67)63-44-53(34-40-68(63)70)58-27-14-22-48-20-8-10-24-56(48)58/h1-44H. The Labute approximate surface area is 406 Å². The van der Waals surface area contributed by atoms with Gasteiger partial charge in [-0.3, -0.25) is 0 Å². The molecule has 2 nitrogen and oxygen atoms in total. The van der Waals surface area contributed by atoms with Gasteiger partial charge in [0.2, 0.25) is 0 Å². The van der Waals surface area contributed by atoms with Gasteiger partial charge in [-0.15, -0.1) is 0 Å². The van der Waals surface area contributed by atoms with E-state index in [1.54, 1.807) is 0 Å². The van der Waals surface area contributed by atoms with E-state index in [4.69, 9.17) is 0 Å². The van der Waals surface area contributed by atoms with Crippen LogP contribution in [0.1, 0.15) is 0 Å². The van der Waals surface area contributed by atoms with E-state index < -0.39 is 0 Å². The number of para-hydroxylation sites is 1. The molecule has 0 spiro atoms. The Morgan fingerprint density at radius 2 is 0.571 bits per heavy atom. The molecule has 0 N–H and O–H groups in total. The second-order valence-electron chi connectivity index (χ2n) is 18.4. The van der Waals surface area contributed by atoms with Crippen LogP contribution in [0.25, 0.3) is 132 Å². The minimum absolute atomic E-state index is 1.12. The summed E-state index contributed by atoms with van der Waals surface area (Å²) in [6.45, 7) is 0. The first kappa shape index (κ1) is 39.9. The van der Waals surface area contributed by atoms with Crippen LogP contribution in [0.3, 0.4) is 0 Å². The van der Waals surface area contributed by atoms with E-state index in [1.165, 1.54) is 115 Å². The summed E-state index contributed by atoms with van der Waals surface area (Å²) in [6.07, 6.45) is 0. The normalized spacial score (nSPS) is 11.7. The van der Waals surface area contributed by atoms with Crippen LogP contribution in [0, 0.1) is 0 Å². The maximum absolute atomic E-state index is 2.48. The van der Waals surface area contributed by atoms with E-state index in [0.717, 1.165) is 16.9 Å². The number of nitrogens with zero attached hydrogens (tertiary/aromatic N) is 2. The van der Waals surface area contributed by atoms with E-state index >= 15 is 0 Å². The van der Waals surface area contributed by atoms with Gasteiger partial charge in [0.25, 0.3) is 0 Å². The van der Waals surface area contributed by atoms with E-state index in [2.05, 4.69) is 276 Å². The number of benzene rings is 12. The molecule has 2 aromatic heterocycles. The molecular formula is C68H44N2. The molecule has 0 saturated carbocycles. The van der Waals surface area contributed by atoms with Gasteiger partial charge in [0.05, 0.1) is 27.8 Å². The minimum Gasteiger partial charge on any atom is -0.309 e. The fourth-order valence-corrected chi connectivity index (χ4v) is 11.2. The van der Waals surface area contributed by atoms with Crippen molar-refractivity contribution >= 4 is 65.2 Å². The molecule has 0 atom stereocenters. The maximum atomic E-state index is 2.48. The van der Waals surface area contributed by atoms with Crippen LogP contribution in [0.5, 0.6) is 0 Å². The summed E-state index contributed by atoms with van der Waals surface area (Å²) in [5, 5.41) is 9.93. The van der Waals surface area contributed by atoms with Gasteiger partial charge < -0.3 is 9.13 Å². The van der Waals surface area contributed by atoms with Crippen molar-refractivity contribution in [3.05, 3.63) is 267 Å². The Balaban J connectivity index is 0.930. The maximum Gasteiger partial charge on any atom is 0.0541 e. The second-order valence-corrected chi connectivity index (χ2v) is 18.4. The fraction of sp³-hybridized carbons (Fsp3) is 0. The molecule has 0 aliphatic rings. The lowest BCUT2D eigenvalue weighted by molar-refractivity contribution is 1.17. The highest BCUT2D eigenvalue weighted by Crippen LogP contribution is 2.43. The van der Waals surface area contributed by atoms with E-state index in [1.807, 2.05) is 0 Å². The third-order valence-electron chi connectivity index (χ3n) is 14.5. The summed E-state index contributed by atoms with van der Waals surface area (Å²) in [5.41, 5.74) is 19.1. The highest BCUT2D eigenvalue weighted by atomic mass is 15.0. The predicted octanol–water partition coefficient (Wildman–Crippen LogP) is 18.5. The monoisotopic (exact) mass is 888 g/mol. The molecule has 14 aromatic rings. The lowest BCUT2D eigenvalue weighted by atomic mass is 9.95. The first-order chi connectivity index (χ1) is 34.7. The van der Waals surface area contributed by atoms with Crippen molar-refractivity contribution in [2.24, 2.45) is 0 Å². The fourth-order valence-electron chi connectivity index (χ4n) is 11.2. The van der Waals surface area contributed by atoms with Crippen LogP contribution in [-0.2, 0) is 0 Å². The van der Waals surface area contributed by atoms with Gasteiger partial charge in [-0.25, -0.2) is 0 Å². The summed E-state index contributed by atoms with van der Waals surface area (Å²) in [7, 11) is 0. The van der Waals surface area contributed by atoms with Crippen LogP contribution >= 0.6 is 0 Å². The zero-order chi connectivity index (χ0) is 46.1. The molecule has 0 aliphatic carbocycles. The van der Waals surface area contributed by atoms with Gasteiger partial charge in [-0.2, -0.15) is 0 Å². The number of hydrogen-bond donors (Lipinski definition) is 0. The number of rotatable bonds is 7. The van der Waals surface area contributed by atoms with Crippen LogP contribution < -0.4 is 0 Å². The first-order valence-corrected chi connectivity index (χ1v) is 24.2. The quantitative estimate of drug-likeness (QED) is 0.151. The molecule has 0 saturated heterocycles. The number of aromatic nitrogens is 2. The van der Waals surface area contributed by atoms with Gasteiger partial charge >= 0.3 is 0 Å². The van der Waals surface area contributed by atoms with Gasteiger partial charge in [0.1, 0.15) is 0 Å².